The number of hydrogen-bond acceptors (Lipinski definition) is 0. The lowest BCUT2D eigenvalue weighted by molar-refractivity contribution is 0.343. The second kappa shape index (κ2) is 3.13. The van der Waals surface area contributed by atoms with E-state index < -0.39 is 6.17 Å². The molecule has 1 radical (unpaired) electrons. The summed E-state index contributed by atoms with van der Waals surface area (Å²) in [5.41, 5.74) is 0. The highest BCUT2D eigenvalue weighted by Crippen LogP contribution is 1.96. The van der Waals surface area contributed by atoms with Crippen molar-refractivity contribution in [2.75, 3.05) is 0 Å². The molecule has 0 bridgehead atoms. The second-order valence-corrected chi connectivity index (χ2v) is 1.42. The molecule has 37 valence electrons. The average Bonchev–Trinajstić information content (AvgIpc) is 1.35. The molecule has 0 aliphatic heterocycles. The van der Waals surface area contributed by atoms with Crippen molar-refractivity contribution in [1.82, 2.24) is 0 Å². The van der Waals surface area contributed by atoms with Crippen LogP contribution >= 0.6 is 0 Å². The van der Waals surface area contributed by atoms with Crippen molar-refractivity contribution < 1.29 is 4.39 Å². The molecular weight excluding hydrogens is 79.1 g/mol. The van der Waals surface area contributed by atoms with Crippen LogP contribution in [0.1, 0.15) is 19.8 Å². The monoisotopic (exact) mass is 89.1 g/mol. The summed E-state index contributed by atoms with van der Waals surface area (Å²) in [7, 11) is 0. The van der Waals surface area contributed by atoms with E-state index in [1.807, 2.05) is 0 Å². The third-order valence-electron chi connectivity index (χ3n) is 0.602. The minimum Gasteiger partial charge on any atom is -0.248 e. The topological polar surface area (TPSA) is 0 Å². The van der Waals surface area contributed by atoms with Crippen LogP contribution in [0.2, 0.25) is 0 Å². The minimum atomic E-state index is -0.664. The van der Waals surface area contributed by atoms with Gasteiger partial charge in [0.1, 0.15) is 0 Å². The number of halogens is 1. The summed E-state index contributed by atoms with van der Waals surface area (Å²) in [5.74, 6) is 0. The summed E-state index contributed by atoms with van der Waals surface area (Å²) in [6.45, 7) is 5.03. The molecule has 0 aliphatic rings. The van der Waals surface area contributed by atoms with Gasteiger partial charge in [-0.05, 0) is 13.3 Å². The predicted octanol–water partition coefficient (Wildman–Crippen LogP) is 1.96. The van der Waals surface area contributed by atoms with E-state index >= 15 is 0 Å². The molecule has 0 aliphatic carbocycles. The standard InChI is InChI=1S/C5H10F/c1-3-4-5(2)6/h5H,1,3-4H2,2H3/t5-/m1/s1. The second-order valence-electron chi connectivity index (χ2n) is 1.42. The van der Waals surface area contributed by atoms with E-state index in [2.05, 4.69) is 6.92 Å². The molecule has 0 heterocycles. The van der Waals surface area contributed by atoms with Crippen LogP contribution in [0.4, 0.5) is 4.39 Å². The van der Waals surface area contributed by atoms with Gasteiger partial charge in [-0.25, -0.2) is 4.39 Å². The highest BCUT2D eigenvalue weighted by molar-refractivity contribution is 4.47. The summed E-state index contributed by atoms with van der Waals surface area (Å²) in [5, 5.41) is 0. The maximum atomic E-state index is 11.7. The van der Waals surface area contributed by atoms with Gasteiger partial charge in [-0.15, -0.1) is 0 Å². The van der Waals surface area contributed by atoms with Gasteiger partial charge in [0.05, 0.1) is 6.17 Å². The van der Waals surface area contributed by atoms with Crippen LogP contribution in [-0.4, -0.2) is 6.17 Å². The van der Waals surface area contributed by atoms with Crippen molar-refractivity contribution in [3.05, 3.63) is 6.92 Å². The largest absolute Gasteiger partial charge is 0.248 e. The lowest BCUT2D eigenvalue weighted by Gasteiger charge is -1.91. The van der Waals surface area contributed by atoms with Crippen molar-refractivity contribution in [3.8, 4) is 0 Å². The Hall–Kier alpha value is -0.0700. The Balaban J connectivity index is 2.63. The zero-order valence-electron chi connectivity index (χ0n) is 4.08. The fourth-order valence-corrected chi connectivity index (χ4v) is 0.281. The van der Waals surface area contributed by atoms with Crippen LogP contribution in [-0.2, 0) is 0 Å². The van der Waals surface area contributed by atoms with E-state index in [9.17, 15) is 4.39 Å². The van der Waals surface area contributed by atoms with E-state index in [1.54, 1.807) is 6.92 Å². The smallest absolute Gasteiger partial charge is 0.0973 e. The molecule has 0 saturated heterocycles. The van der Waals surface area contributed by atoms with Gasteiger partial charge < -0.3 is 0 Å². The number of hydrogen-bond donors (Lipinski definition) is 0. The van der Waals surface area contributed by atoms with Crippen molar-refractivity contribution in [2.24, 2.45) is 0 Å². The van der Waals surface area contributed by atoms with Crippen LogP contribution in [0.15, 0.2) is 0 Å². The van der Waals surface area contributed by atoms with Gasteiger partial charge in [0.25, 0.3) is 0 Å². The first-order valence-corrected chi connectivity index (χ1v) is 2.20. The van der Waals surface area contributed by atoms with Crippen LogP contribution in [0.25, 0.3) is 0 Å². The normalized spacial score (nSPS) is 14.5. The minimum absolute atomic E-state index is 0.597. The summed E-state index contributed by atoms with van der Waals surface area (Å²) in [6.07, 6.45) is 0.639. The van der Waals surface area contributed by atoms with Gasteiger partial charge in [0.2, 0.25) is 0 Å². The fraction of sp³-hybridized carbons (Fsp3) is 0.800. The molecule has 0 nitrogen and oxygen atoms in total. The number of alkyl halides is 1. The maximum Gasteiger partial charge on any atom is 0.0973 e. The van der Waals surface area contributed by atoms with Gasteiger partial charge in [-0.2, -0.15) is 0 Å². The van der Waals surface area contributed by atoms with Gasteiger partial charge in [-0.1, -0.05) is 13.3 Å². The van der Waals surface area contributed by atoms with E-state index in [0.717, 1.165) is 0 Å². The molecule has 0 fully saturated rings. The molecule has 1 heteroatoms. The van der Waals surface area contributed by atoms with Crippen molar-refractivity contribution in [2.45, 2.75) is 25.9 Å². The van der Waals surface area contributed by atoms with Crippen LogP contribution in [0.5, 0.6) is 0 Å². The SMILES string of the molecule is [CH2]CC[C@@H](C)F. The Bertz CT molecular complexity index is 25.1. The van der Waals surface area contributed by atoms with Crippen LogP contribution < -0.4 is 0 Å². The maximum absolute atomic E-state index is 11.7. The third kappa shape index (κ3) is 3.93. The first kappa shape index (κ1) is 5.93. The highest BCUT2D eigenvalue weighted by Gasteiger charge is 1.90. The molecule has 0 saturated carbocycles. The molecule has 0 unspecified atom stereocenters. The first-order chi connectivity index (χ1) is 2.77. The van der Waals surface area contributed by atoms with Crippen molar-refractivity contribution >= 4 is 0 Å². The molecule has 0 spiro atoms. The Kier molecular flexibility index (Phi) is 3.10. The van der Waals surface area contributed by atoms with Crippen LogP contribution in [0, 0.1) is 6.92 Å². The average molecular weight is 89.1 g/mol. The lowest BCUT2D eigenvalue weighted by Crippen LogP contribution is -1.87. The first-order valence-electron chi connectivity index (χ1n) is 2.20. The van der Waals surface area contributed by atoms with E-state index in [0.29, 0.717) is 12.8 Å². The molecule has 0 aromatic carbocycles. The van der Waals surface area contributed by atoms with Crippen molar-refractivity contribution in [3.63, 3.8) is 0 Å². The Morgan fingerprint density at radius 2 is 2.33 bits per heavy atom. The molecule has 0 amide bonds. The van der Waals surface area contributed by atoms with E-state index in [-0.39, 0.29) is 0 Å². The molecule has 0 aromatic rings. The van der Waals surface area contributed by atoms with Gasteiger partial charge in [-0.3, -0.25) is 0 Å². The summed E-state index contributed by atoms with van der Waals surface area (Å²) >= 11 is 0. The zero-order chi connectivity index (χ0) is 4.99. The fourth-order valence-electron chi connectivity index (χ4n) is 0.281. The molecular formula is C5H10F. The van der Waals surface area contributed by atoms with E-state index in [1.165, 1.54) is 0 Å². The highest BCUT2D eigenvalue weighted by atomic mass is 19.1. The molecule has 0 rings (SSSR count). The number of rotatable bonds is 2. The molecule has 1 atom stereocenters. The predicted molar refractivity (Wildman–Crippen MR) is 25.2 cm³/mol. The molecule has 6 heavy (non-hydrogen) atoms. The third-order valence-corrected chi connectivity index (χ3v) is 0.602. The van der Waals surface area contributed by atoms with E-state index in [4.69, 9.17) is 0 Å². The Morgan fingerprint density at radius 3 is 2.33 bits per heavy atom. The molecule has 0 N–H and O–H groups in total. The Labute approximate surface area is 38.4 Å². The quantitative estimate of drug-likeness (QED) is 0.485. The van der Waals surface area contributed by atoms with Crippen LogP contribution in [0.3, 0.4) is 0 Å². The molecule has 0 aromatic heterocycles. The van der Waals surface area contributed by atoms with Crippen molar-refractivity contribution in [1.29, 1.82) is 0 Å². The Morgan fingerprint density at radius 1 is 1.83 bits per heavy atom. The summed E-state index contributed by atoms with van der Waals surface area (Å²) in [6, 6.07) is 0. The summed E-state index contributed by atoms with van der Waals surface area (Å²) < 4.78 is 11.7. The van der Waals surface area contributed by atoms with Gasteiger partial charge >= 0.3 is 0 Å². The van der Waals surface area contributed by atoms with Gasteiger partial charge in [0, 0.05) is 0 Å². The van der Waals surface area contributed by atoms with Gasteiger partial charge in [0.15, 0.2) is 0 Å². The zero-order valence-corrected chi connectivity index (χ0v) is 4.08. The lowest BCUT2D eigenvalue weighted by atomic mass is 10.2. The summed E-state index contributed by atoms with van der Waals surface area (Å²) in [4.78, 5) is 0.